The lowest BCUT2D eigenvalue weighted by atomic mass is 9.97. The van der Waals surface area contributed by atoms with Crippen molar-refractivity contribution in [2.24, 2.45) is 5.92 Å². The third-order valence-electron chi connectivity index (χ3n) is 3.73. The van der Waals surface area contributed by atoms with Crippen molar-refractivity contribution in [2.75, 3.05) is 43.4 Å². The third-order valence-corrected chi connectivity index (χ3v) is 6.57. The van der Waals surface area contributed by atoms with E-state index in [1.807, 2.05) is 23.5 Å². The maximum Gasteiger partial charge on any atom is 0.306 e. The van der Waals surface area contributed by atoms with Crippen LogP contribution in [0.4, 0.5) is 0 Å². The molecule has 0 aliphatic carbocycles. The minimum Gasteiger partial charge on any atom is -0.481 e. The number of carbonyl (C=O) groups excluding carboxylic acids is 1. The SMILES string of the molecule is O=C(O)C1CCN(C(=O)CNCC2CSCCS2)CC1. The molecule has 0 saturated carbocycles. The van der Waals surface area contributed by atoms with Crippen LogP contribution in [0.1, 0.15) is 12.8 Å². The summed E-state index contributed by atoms with van der Waals surface area (Å²) in [6.45, 7) is 2.41. The van der Waals surface area contributed by atoms with E-state index in [9.17, 15) is 9.59 Å². The summed E-state index contributed by atoms with van der Waals surface area (Å²) in [5.74, 6) is 2.69. The van der Waals surface area contributed by atoms with Crippen LogP contribution in [0.2, 0.25) is 0 Å². The van der Waals surface area contributed by atoms with Crippen molar-refractivity contribution in [1.29, 1.82) is 0 Å². The number of rotatable bonds is 5. The molecule has 1 unspecified atom stereocenters. The molecule has 0 spiro atoms. The fourth-order valence-electron chi connectivity index (χ4n) is 2.48. The lowest BCUT2D eigenvalue weighted by Gasteiger charge is -2.30. The van der Waals surface area contributed by atoms with Crippen LogP contribution < -0.4 is 5.32 Å². The first-order valence-electron chi connectivity index (χ1n) is 7.07. The van der Waals surface area contributed by atoms with Gasteiger partial charge in [-0.15, -0.1) is 0 Å². The van der Waals surface area contributed by atoms with Gasteiger partial charge in [-0.25, -0.2) is 0 Å². The first-order chi connectivity index (χ1) is 9.66. The van der Waals surface area contributed by atoms with Gasteiger partial charge in [-0.3, -0.25) is 9.59 Å². The van der Waals surface area contributed by atoms with E-state index >= 15 is 0 Å². The predicted molar refractivity (Wildman–Crippen MR) is 83.4 cm³/mol. The first-order valence-corrected chi connectivity index (χ1v) is 9.28. The lowest BCUT2D eigenvalue weighted by Crippen LogP contribution is -2.45. The summed E-state index contributed by atoms with van der Waals surface area (Å²) in [6, 6.07) is 0. The molecule has 1 atom stereocenters. The topological polar surface area (TPSA) is 69.6 Å². The Balaban J connectivity index is 1.61. The second-order valence-corrected chi connectivity index (χ2v) is 7.75. The summed E-state index contributed by atoms with van der Waals surface area (Å²) in [4.78, 5) is 24.7. The second-order valence-electron chi connectivity index (χ2n) is 5.19. The maximum absolute atomic E-state index is 12.0. The van der Waals surface area contributed by atoms with Gasteiger partial charge in [0.2, 0.25) is 5.91 Å². The molecule has 2 aliphatic heterocycles. The molecule has 0 aromatic rings. The number of hydrogen-bond donors (Lipinski definition) is 2. The number of piperidine rings is 1. The quantitative estimate of drug-likeness (QED) is 0.779. The second kappa shape index (κ2) is 8.14. The number of nitrogens with one attached hydrogen (secondary N) is 1. The van der Waals surface area contributed by atoms with Crippen LogP contribution in [0.15, 0.2) is 0 Å². The standard InChI is InChI=1S/C13H22N2O3S2/c16-12(8-14-7-11-9-19-5-6-20-11)15-3-1-10(2-4-15)13(17)18/h10-11,14H,1-9H2,(H,17,18). The third kappa shape index (κ3) is 4.86. The molecule has 0 radical (unpaired) electrons. The van der Waals surface area contributed by atoms with Crippen LogP contribution in [-0.4, -0.2) is 70.6 Å². The number of aliphatic carboxylic acids is 1. The van der Waals surface area contributed by atoms with Crippen LogP contribution >= 0.6 is 23.5 Å². The molecule has 0 aromatic carbocycles. The molecule has 2 saturated heterocycles. The van der Waals surface area contributed by atoms with E-state index < -0.39 is 5.97 Å². The average molecular weight is 318 g/mol. The molecular weight excluding hydrogens is 296 g/mol. The highest BCUT2D eigenvalue weighted by Crippen LogP contribution is 2.23. The molecule has 20 heavy (non-hydrogen) atoms. The number of thioether (sulfide) groups is 2. The van der Waals surface area contributed by atoms with Crippen molar-refractivity contribution in [2.45, 2.75) is 18.1 Å². The Morgan fingerprint density at radius 1 is 1.25 bits per heavy atom. The Kier molecular flexibility index (Phi) is 6.51. The van der Waals surface area contributed by atoms with Gasteiger partial charge >= 0.3 is 5.97 Å². The monoisotopic (exact) mass is 318 g/mol. The van der Waals surface area contributed by atoms with Gasteiger partial charge in [-0.05, 0) is 12.8 Å². The summed E-state index contributed by atoms with van der Waals surface area (Å²) in [6.07, 6.45) is 1.16. The van der Waals surface area contributed by atoms with Crippen molar-refractivity contribution >= 4 is 35.4 Å². The van der Waals surface area contributed by atoms with Crippen LogP contribution in [0, 0.1) is 5.92 Å². The minimum absolute atomic E-state index is 0.0994. The molecular formula is C13H22N2O3S2. The summed E-state index contributed by atoms with van der Waals surface area (Å²) >= 11 is 3.96. The Morgan fingerprint density at radius 2 is 2.00 bits per heavy atom. The van der Waals surface area contributed by atoms with Gasteiger partial charge < -0.3 is 15.3 Å². The maximum atomic E-state index is 12.0. The number of likely N-dealkylation sites (tertiary alicyclic amines) is 1. The highest BCUT2D eigenvalue weighted by Gasteiger charge is 2.26. The fourth-order valence-corrected chi connectivity index (χ4v) is 5.13. The van der Waals surface area contributed by atoms with Gasteiger partial charge in [-0.1, -0.05) is 0 Å². The molecule has 7 heteroatoms. The zero-order valence-electron chi connectivity index (χ0n) is 11.5. The Bertz CT molecular complexity index is 341. The van der Waals surface area contributed by atoms with Gasteiger partial charge in [0.15, 0.2) is 0 Å². The molecule has 114 valence electrons. The van der Waals surface area contributed by atoms with Crippen LogP contribution in [0.25, 0.3) is 0 Å². The number of nitrogens with zero attached hydrogens (tertiary/aromatic N) is 1. The van der Waals surface area contributed by atoms with E-state index in [2.05, 4.69) is 5.32 Å². The van der Waals surface area contributed by atoms with E-state index in [0.29, 0.717) is 37.7 Å². The van der Waals surface area contributed by atoms with Crippen LogP contribution in [0.5, 0.6) is 0 Å². The average Bonchev–Trinajstić information content (AvgIpc) is 2.48. The van der Waals surface area contributed by atoms with E-state index in [1.165, 1.54) is 11.5 Å². The first kappa shape index (κ1) is 16.0. The minimum atomic E-state index is -0.734. The van der Waals surface area contributed by atoms with Gasteiger partial charge in [-0.2, -0.15) is 23.5 Å². The van der Waals surface area contributed by atoms with Crippen LogP contribution in [-0.2, 0) is 9.59 Å². The van der Waals surface area contributed by atoms with Gasteiger partial charge in [0.05, 0.1) is 12.5 Å². The molecule has 2 fully saturated rings. The number of hydrogen-bond acceptors (Lipinski definition) is 5. The Hall–Kier alpha value is -0.400. The van der Waals surface area contributed by atoms with Crippen molar-refractivity contribution < 1.29 is 14.7 Å². The zero-order valence-corrected chi connectivity index (χ0v) is 13.2. The largest absolute Gasteiger partial charge is 0.481 e. The number of amides is 1. The summed E-state index contributed by atoms with van der Waals surface area (Å²) < 4.78 is 0. The Labute approximate surface area is 128 Å². The van der Waals surface area contributed by atoms with Crippen molar-refractivity contribution in [3.05, 3.63) is 0 Å². The summed E-state index contributed by atoms with van der Waals surface area (Å²) in [7, 11) is 0. The zero-order chi connectivity index (χ0) is 14.4. The summed E-state index contributed by atoms with van der Waals surface area (Å²) in [5, 5.41) is 12.8. The van der Waals surface area contributed by atoms with Crippen molar-refractivity contribution in [3.8, 4) is 0 Å². The van der Waals surface area contributed by atoms with Gasteiger partial charge in [0.1, 0.15) is 0 Å². The smallest absolute Gasteiger partial charge is 0.306 e. The molecule has 2 rings (SSSR count). The molecule has 5 nitrogen and oxygen atoms in total. The molecule has 1 amide bonds. The van der Waals surface area contributed by atoms with Crippen molar-refractivity contribution in [3.63, 3.8) is 0 Å². The molecule has 2 heterocycles. The molecule has 0 bridgehead atoms. The number of carbonyl (C=O) groups is 2. The van der Waals surface area contributed by atoms with Crippen molar-refractivity contribution in [1.82, 2.24) is 10.2 Å². The molecule has 2 aliphatic rings. The fraction of sp³-hybridized carbons (Fsp3) is 0.846. The highest BCUT2D eigenvalue weighted by atomic mass is 32.2. The molecule has 2 N–H and O–H groups in total. The van der Waals surface area contributed by atoms with E-state index in [4.69, 9.17) is 5.11 Å². The van der Waals surface area contributed by atoms with E-state index in [-0.39, 0.29) is 11.8 Å². The highest BCUT2D eigenvalue weighted by molar-refractivity contribution is 8.06. The van der Waals surface area contributed by atoms with Gasteiger partial charge in [0, 0.05) is 42.1 Å². The molecule has 0 aromatic heterocycles. The predicted octanol–water partition coefficient (Wildman–Crippen LogP) is 0.748. The number of carboxylic acids is 1. The normalized spacial score (nSPS) is 24.6. The van der Waals surface area contributed by atoms with E-state index in [0.717, 1.165) is 12.3 Å². The van der Waals surface area contributed by atoms with Crippen LogP contribution in [0.3, 0.4) is 0 Å². The van der Waals surface area contributed by atoms with Gasteiger partial charge in [0.25, 0.3) is 0 Å². The lowest BCUT2D eigenvalue weighted by molar-refractivity contribution is -0.145. The van der Waals surface area contributed by atoms with E-state index in [1.54, 1.807) is 4.90 Å². The Morgan fingerprint density at radius 3 is 2.60 bits per heavy atom. The number of carboxylic acid groups (broad SMARTS) is 1. The summed E-state index contributed by atoms with van der Waals surface area (Å²) in [5.41, 5.74) is 0.